The van der Waals surface area contributed by atoms with Crippen LogP contribution in [0.3, 0.4) is 0 Å². The number of piperidine rings is 1. The highest BCUT2D eigenvalue weighted by molar-refractivity contribution is 5.43. The average molecular weight is 402 g/mol. The zero-order chi connectivity index (χ0) is 20.8. The molecule has 1 heterocycles. The predicted octanol–water partition coefficient (Wildman–Crippen LogP) is 5.20. The smallest absolute Gasteiger partial charge is 0.123 e. The molecular weight excluding hydrogens is 370 g/mol. The lowest BCUT2D eigenvalue weighted by Gasteiger charge is -2.41. The maximum Gasteiger partial charge on any atom is 0.123 e. The first-order valence-electron chi connectivity index (χ1n) is 10.9. The quantitative estimate of drug-likeness (QED) is 0.591. The first kappa shape index (κ1) is 20.6. The molecular formula is C27H31NO2. The Labute approximate surface area is 179 Å². The molecule has 0 spiro atoms. The Morgan fingerprint density at radius 1 is 0.800 bits per heavy atom. The van der Waals surface area contributed by atoms with Crippen LogP contribution in [0.4, 0.5) is 0 Å². The van der Waals surface area contributed by atoms with Gasteiger partial charge in [0.1, 0.15) is 11.4 Å². The van der Waals surface area contributed by atoms with Gasteiger partial charge in [-0.15, -0.1) is 0 Å². The van der Waals surface area contributed by atoms with Crippen molar-refractivity contribution in [2.24, 2.45) is 0 Å². The summed E-state index contributed by atoms with van der Waals surface area (Å²) in [5, 5.41) is 12.5. The molecule has 0 aromatic heterocycles. The average Bonchev–Trinajstić information content (AvgIpc) is 2.84. The molecule has 0 radical (unpaired) electrons. The van der Waals surface area contributed by atoms with Gasteiger partial charge in [-0.25, -0.2) is 0 Å². The Morgan fingerprint density at radius 3 is 1.97 bits per heavy atom. The minimum absolute atomic E-state index is 0.0902. The molecule has 0 saturated carbocycles. The van der Waals surface area contributed by atoms with E-state index < -0.39 is 5.60 Å². The van der Waals surface area contributed by atoms with Crippen LogP contribution in [0.1, 0.15) is 41.9 Å². The SMILES string of the molecule is COc1ccc([C@@](O)(c2ccccc2)[C@H](CN2CCCCC2)c2ccccc2)cc1. The normalized spacial score (nSPS) is 17.8. The summed E-state index contributed by atoms with van der Waals surface area (Å²) in [6.45, 7) is 3.01. The third kappa shape index (κ3) is 4.28. The number of hydrogen-bond donors (Lipinski definition) is 1. The summed E-state index contributed by atoms with van der Waals surface area (Å²) < 4.78 is 5.36. The minimum atomic E-state index is -1.15. The third-order valence-electron chi connectivity index (χ3n) is 6.34. The van der Waals surface area contributed by atoms with Crippen molar-refractivity contribution in [3.05, 3.63) is 102 Å². The maximum absolute atomic E-state index is 12.5. The van der Waals surface area contributed by atoms with E-state index in [4.69, 9.17) is 4.74 Å². The molecule has 2 atom stereocenters. The molecule has 4 rings (SSSR count). The molecule has 3 aromatic carbocycles. The summed E-state index contributed by atoms with van der Waals surface area (Å²) in [4.78, 5) is 2.51. The fraction of sp³-hybridized carbons (Fsp3) is 0.333. The number of likely N-dealkylation sites (tertiary alicyclic amines) is 1. The zero-order valence-electron chi connectivity index (χ0n) is 17.7. The number of ether oxygens (including phenoxy) is 1. The van der Waals surface area contributed by atoms with E-state index in [2.05, 4.69) is 29.2 Å². The lowest BCUT2D eigenvalue weighted by Crippen LogP contribution is -2.43. The van der Waals surface area contributed by atoms with Crippen molar-refractivity contribution in [3.63, 3.8) is 0 Å². The Hall–Kier alpha value is -2.62. The third-order valence-corrected chi connectivity index (χ3v) is 6.34. The van der Waals surface area contributed by atoms with Crippen LogP contribution in [0.2, 0.25) is 0 Å². The van der Waals surface area contributed by atoms with E-state index in [1.165, 1.54) is 19.3 Å². The molecule has 156 valence electrons. The second-order valence-electron chi connectivity index (χ2n) is 8.19. The van der Waals surface area contributed by atoms with Gasteiger partial charge >= 0.3 is 0 Å². The van der Waals surface area contributed by atoms with Crippen LogP contribution in [-0.4, -0.2) is 36.8 Å². The Morgan fingerprint density at radius 2 is 1.37 bits per heavy atom. The molecule has 3 aromatic rings. The number of nitrogens with zero attached hydrogens (tertiary/aromatic N) is 1. The Kier molecular flexibility index (Phi) is 6.51. The summed E-state index contributed by atoms with van der Waals surface area (Å²) in [5.74, 6) is 0.703. The van der Waals surface area contributed by atoms with Crippen LogP contribution in [0.5, 0.6) is 5.75 Å². The topological polar surface area (TPSA) is 32.7 Å². The van der Waals surface area contributed by atoms with Crippen LogP contribution in [0.15, 0.2) is 84.9 Å². The summed E-state index contributed by atoms with van der Waals surface area (Å²) in [5.41, 5.74) is 1.82. The van der Waals surface area contributed by atoms with Gasteiger partial charge in [0.05, 0.1) is 7.11 Å². The van der Waals surface area contributed by atoms with Crippen molar-refractivity contribution in [1.82, 2.24) is 4.90 Å². The molecule has 3 heteroatoms. The Balaban J connectivity index is 1.83. The molecule has 1 N–H and O–H groups in total. The van der Waals surface area contributed by atoms with Crippen molar-refractivity contribution in [3.8, 4) is 5.75 Å². The van der Waals surface area contributed by atoms with Gasteiger partial charge in [-0.05, 0) is 54.8 Å². The highest BCUT2D eigenvalue weighted by Crippen LogP contribution is 2.43. The zero-order valence-corrected chi connectivity index (χ0v) is 17.7. The van der Waals surface area contributed by atoms with Crippen LogP contribution in [-0.2, 0) is 5.60 Å². The highest BCUT2D eigenvalue weighted by atomic mass is 16.5. The molecule has 0 amide bonds. The monoisotopic (exact) mass is 401 g/mol. The number of methoxy groups -OCH3 is 1. The second-order valence-corrected chi connectivity index (χ2v) is 8.19. The lowest BCUT2D eigenvalue weighted by atomic mass is 9.72. The number of benzene rings is 3. The number of aliphatic hydroxyl groups is 1. The number of rotatable bonds is 7. The van der Waals surface area contributed by atoms with Crippen molar-refractivity contribution < 1.29 is 9.84 Å². The van der Waals surface area contributed by atoms with Gasteiger partial charge in [0.25, 0.3) is 0 Å². The van der Waals surface area contributed by atoms with Crippen LogP contribution < -0.4 is 4.74 Å². The van der Waals surface area contributed by atoms with Crippen LogP contribution in [0, 0.1) is 0 Å². The standard InChI is InChI=1S/C27H31NO2/c1-30-25-17-15-24(16-18-25)27(29,23-13-7-3-8-14-23)26(22-11-5-2-6-12-22)21-28-19-9-4-10-20-28/h2-3,5-8,11-18,26,29H,4,9-10,19-21H2,1H3/t26-,27+/m1/s1. The van der Waals surface area contributed by atoms with E-state index in [1.54, 1.807) is 7.11 Å². The van der Waals surface area contributed by atoms with Gasteiger partial charge < -0.3 is 14.7 Å². The first-order valence-corrected chi connectivity index (χ1v) is 10.9. The van der Waals surface area contributed by atoms with Gasteiger partial charge in [-0.2, -0.15) is 0 Å². The summed E-state index contributed by atoms with van der Waals surface area (Å²) in [7, 11) is 1.67. The van der Waals surface area contributed by atoms with E-state index in [9.17, 15) is 5.11 Å². The second kappa shape index (κ2) is 9.46. The molecule has 1 fully saturated rings. The van der Waals surface area contributed by atoms with E-state index >= 15 is 0 Å². The summed E-state index contributed by atoms with van der Waals surface area (Å²) >= 11 is 0. The predicted molar refractivity (Wildman–Crippen MR) is 122 cm³/mol. The van der Waals surface area contributed by atoms with Crippen molar-refractivity contribution >= 4 is 0 Å². The summed E-state index contributed by atoms with van der Waals surface area (Å²) in [6, 6.07) is 28.4. The van der Waals surface area contributed by atoms with Crippen molar-refractivity contribution in [1.29, 1.82) is 0 Å². The van der Waals surface area contributed by atoms with Crippen LogP contribution >= 0.6 is 0 Å². The van der Waals surface area contributed by atoms with Crippen molar-refractivity contribution in [2.45, 2.75) is 30.8 Å². The highest BCUT2D eigenvalue weighted by Gasteiger charge is 2.42. The maximum atomic E-state index is 12.5. The lowest BCUT2D eigenvalue weighted by molar-refractivity contribution is 0.0310. The van der Waals surface area contributed by atoms with E-state index in [0.717, 1.165) is 42.1 Å². The van der Waals surface area contributed by atoms with E-state index in [-0.39, 0.29) is 5.92 Å². The first-order chi connectivity index (χ1) is 14.7. The summed E-state index contributed by atoms with van der Waals surface area (Å²) in [6.07, 6.45) is 3.76. The number of hydrogen-bond acceptors (Lipinski definition) is 3. The van der Waals surface area contributed by atoms with Gasteiger partial charge in [0, 0.05) is 12.5 Å². The van der Waals surface area contributed by atoms with E-state index in [0.29, 0.717) is 0 Å². The molecule has 1 aliphatic rings. The molecule has 0 bridgehead atoms. The van der Waals surface area contributed by atoms with Crippen molar-refractivity contribution in [2.75, 3.05) is 26.7 Å². The largest absolute Gasteiger partial charge is 0.497 e. The molecule has 30 heavy (non-hydrogen) atoms. The fourth-order valence-electron chi connectivity index (χ4n) is 4.67. The molecule has 3 nitrogen and oxygen atoms in total. The molecule has 0 aliphatic carbocycles. The molecule has 1 saturated heterocycles. The van der Waals surface area contributed by atoms with Crippen LogP contribution in [0.25, 0.3) is 0 Å². The minimum Gasteiger partial charge on any atom is -0.497 e. The Bertz CT molecular complexity index is 905. The van der Waals surface area contributed by atoms with Gasteiger partial charge in [0.2, 0.25) is 0 Å². The molecule has 0 unspecified atom stereocenters. The van der Waals surface area contributed by atoms with Gasteiger partial charge in [-0.1, -0.05) is 79.2 Å². The molecule has 1 aliphatic heterocycles. The van der Waals surface area contributed by atoms with Gasteiger partial charge in [-0.3, -0.25) is 0 Å². The van der Waals surface area contributed by atoms with E-state index in [1.807, 2.05) is 60.7 Å². The fourth-order valence-corrected chi connectivity index (χ4v) is 4.67. The van der Waals surface area contributed by atoms with Gasteiger partial charge in [0.15, 0.2) is 0 Å².